The van der Waals surface area contributed by atoms with Gasteiger partial charge in [0.1, 0.15) is 11.0 Å². The van der Waals surface area contributed by atoms with Gasteiger partial charge in [0, 0.05) is 6.54 Å². The number of hydrogen-bond acceptors (Lipinski definition) is 4. The first-order valence-corrected chi connectivity index (χ1v) is 7.15. The molecule has 0 spiro atoms. The third-order valence-electron chi connectivity index (χ3n) is 2.32. The number of halogens is 2. The largest absolute Gasteiger partial charge is 0.370 e. The topological polar surface area (TPSA) is 76.2 Å². The molecule has 0 amide bonds. The zero-order valence-corrected chi connectivity index (χ0v) is 12.8. The second-order valence-corrected chi connectivity index (χ2v) is 5.76. The summed E-state index contributed by atoms with van der Waals surface area (Å²) in [4.78, 5) is 4.22. The van der Waals surface area contributed by atoms with Gasteiger partial charge in [0.2, 0.25) is 0 Å². The number of aliphatic imine (C=N–C) groups is 1. The maximum atomic E-state index is 6.15. The summed E-state index contributed by atoms with van der Waals surface area (Å²) in [5.74, 6) is 0.731. The Balaban J connectivity index is 2.35. The molecule has 3 N–H and O–H groups in total. The minimum Gasteiger partial charge on any atom is -0.370 e. The van der Waals surface area contributed by atoms with Gasteiger partial charge in [0.15, 0.2) is 5.96 Å². The van der Waals surface area contributed by atoms with E-state index in [4.69, 9.17) is 28.9 Å². The van der Waals surface area contributed by atoms with Gasteiger partial charge in [-0.05, 0) is 12.0 Å². The number of guanidine groups is 1. The predicted molar refractivity (Wildman–Crippen MR) is 82.4 cm³/mol. The van der Waals surface area contributed by atoms with Gasteiger partial charge in [-0.25, -0.2) is 0 Å². The van der Waals surface area contributed by atoms with E-state index < -0.39 is 0 Å². The molecule has 0 fully saturated rings. The van der Waals surface area contributed by atoms with Crippen LogP contribution in [0.25, 0.3) is 11.0 Å². The first-order chi connectivity index (χ1) is 8.99. The Morgan fingerprint density at radius 1 is 1.37 bits per heavy atom. The highest BCUT2D eigenvalue weighted by molar-refractivity contribution is 7.00. The SMILES string of the molecule is CC(C)CN=C(N)Nc1c(Cl)cc(Cl)c2nsnc12. The average Bonchev–Trinajstić information content (AvgIpc) is 2.81. The van der Waals surface area contributed by atoms with Gasteiger partial charge < -0.3 is 11.1 Å². The number of aromatic nitrogens is 2. The number of hydrogen-bond donors (Lipinski definition) is 2. The summed E-state index contributed by atoms with van der Waals surface area (Å²) < 4.78 is 8.30. The van der Waals surface area contributed by atoms with Gasteiger partial charge in [-0.1, -0.05) is 37.0 Å². The van der Waals surface area contributed by atoms with Crippen molar-refractivity contribution in [3.05, 3.63) is 16.1 Å². The van der Waals surface area contributed by atoms with Crippen molar-refractivity contribution in [2.45, 2.75) is 13.8 Å². The fourth-order valence-corrected chi connectivity index (χ4v) is 2.60. The summed E-state index contributed by atoms with van der Waals surface area (Å²) in [5.41, 5.74) is 7.62. The van der Waals surface area contributed by atoms with Gasteiger partial charge in [-0.2, -0.15) is 8.75 Å². The molecule has 19 heavy (non-hydrogen) atoms. The predicted octanol–water partition coefficient (Wildman–Crippen LogP) is 3.38. The Labute approximate surface area is 125 Å². The first-order valence-electron chi connectivity index (χ1n) is 5.66. The lowest BCUT2D eigenvalue weighted by atomic mass is 10.2. The molecule has 0 aliphatic heterocycles. The molecule has 0 radical (unpaired) electrons. The van der Waals surface area contributed by atoms with Crippen molar-refractivity contribution in [1.82, 2.24) is 8.75 Å². The Kier molecular flexibility index (Phi) is 4.44. The minimum atomic E-state index is 0.298. The molecule has 0 saturated carbocycles. The molecule has 0 aliphatic carbocycles. The fourth-order valence-electron chi connectivity index (χ4n) is 1.44. The van der Waals surface area contributed by atoms with Gasteiger partial charge in [0.25, 0.3) is 0 Å². The van der Waals surface area contributed by atoms with E-state index in [0.29, 0.717) is 45.2 Å². The third kappa shape index (κ3) is 3.26. The Morgan fingerprint density at radius 2 is 2.05 bits per heavy atom. The van der Waals surface area contributed by atoms with Gasteiger partial charge >= 0.3 is 0 Å². The molecule has 2 aromatic rings. The van der Waals surface area contributed by atoms with Gasteiger partial charge in [0.05, 0.1) is 27.5 Å². The van der Waals surface area contributed by atoms with Crippen LogP contribution >= 0.6 is 34.9 Å². The molecule has 0 aliphatic rings. The second-order valence-electron chi connectivity index (χ2n) is 4.42. The maximum Gasteiger partial charge on any atom is 0.193 e. The highest BCUT2D eigenvalue weighted by Crippen LogP contribution is 2.34. The smallest absolute Gasteiger partial charge is 0.193 e. The average molecular weight is 318 g/mol. The van der Waals surface area contributed by atoms with Crippen molar-refractivity contribution in [2.24, 2.45) is 16.6 Å². The van der Waals surface area contributed by atoms with Crippen LogP contribution in [-0.2, 0) is 0 Å². The van der Waals surface area contributed by atoms with Gasteiger partial charge in [-0.15, -0.1) is 0 Å². The van der Waals surface area contributed by atoms with Crippen LogP contribution in [0, 0.1) is 5.92 Å². The monoisotopic (exact) mass is 317 g/mol. The van der Waals surface area contributed by atoms with Crippen LogP contribution in [0.3, 0.4) is 0 Å². The maximum absolute atomic E-state index is 6.15. The number of nitrogens with one attached hydrogen (secondary N) is 1. The lowest BCUT2D eigenvalue weighted by Gasteiger charge is -2.09. The van der Waals surface area contributed by atoms with Crippen LogP contribution in [0.4, 0.5) is 5.69 Å². The molecule has 0 bridgehead atoms. The number of rotatable bonds is 3. The standard InChI is InChI=1S/C11H13Cl2N5S/c1-5(2)4-15-11(14)16-8-6(12)3-7(13)9-10(8)18-19-17-9/h3,5H,4H2,1-2H3,(H3,14,15,16). The fraction of sp³-hybridized carbons (Fsp3) is 0.364. The van der Waals surface area contributed by atoms with E-state index >= 15 is 0 Å². The van der Waals surface area contributed by atoms with E-state index in [2.05, 4.69) is 32.9 Å². The number of nitrogens with two attached hydrogens (primary N) is 1. The summed E-state index contributed by atoms with van der Waals surface area (Å²) in [7, 11) is 0. The molecule has 102 valence electrons. The van der Waals surface area contributed by atoms with Crippen LogP contribution in [0.15, 0.2) is 11.1 Å². The van der Waals surface area contributed by atoms with Crippen LogP contribution in [0.1, 0.15) is 13.8 Å². The van der Waals surface area contributed by atoms with E-state index in [1.807, 2.05) is 0 Å². The van der Waals surface area contributed by atoms with Gasteiger partial charge in [-0.3, -0.25) is 4.99 Å². The molecular weight excluding hydrogens is 305 g/mol. The second kappa shape index (κ2) is 5.90. The molecule has 1 aromatic carbocycles. The number of nitrogens with zero attached hydrogens (tertiary/aromatic N) is 3. The van der Waals surface area contributed by atoms with Crippen LogP contribution in [0.5, 0.6) is 0 Å². The molecule has 8 heteroatoms. The van der Waals surface area contributed by atoms with E-state index in [9.17, 15) is 0 Å². The summed E-state index contributed by atoms with van der Waals surface area (Å²) in [6.07, 6.45) is 0. The molecule has 5 nitrogen and oxygen atoms in total. The lowest BCUT2D eigenvalue weighted by Crippen LogP contribution is -2.23. The highest BCUT2D eigenvalue weighted by Gasteiger charge is 2.14. The zero-order chi connectivity index (χ0) is 14.0. The lowest BCUT2D eigenvalue weighted by molar-refractivity contribution is 0.665. The van der Waals surface area contributed by atoms with E-state index in [1.54, 1.807) is 6.07 Å². The zero-order valence-electron chi connectivity index (χ0n) is 10.4. The Hall–Kier alpha value is -1.11. The van der Waals surface area contributed by atoms with Crippen molar-refractivity contribution in [3.8, 4) is 0 Å². The van der Waals surface area contributed by atoms with E-state index in [0.717, 1.165) is 11.7 Å². The molecule has 1 heterocycles. The number of anilines is 1. The molecule has 1 aromatic heterocycles. The quantitative estimate of drug-likeness (QED) is 0.672. The normalized spacial score (nSPS) is 12.4. The number of benzene rings is 1. The third-order valence-corrected chi connectivity index (χ3v) is 3.44. The Morgan fingerprint density at radius 3 is 2.74 bits per heavy atom. The molecule has 0 saturated heterocycles. The van der Waals surface area contributed by atoms with Crippen molar-refractivity contribution in [2.75, 3.05) is 11.9 Å². The van der Waals surface area contributed by atoms with Crippen LogP contribution in [-0.4, -0.2) is 21.3 Å². The van der Waals surface area contributed by atoms with E-state index in [1.165, 1.54) is 0 Å². The summed E-state index contributed by atoms with van der Waals surface area (Å²) in [6, 6.07) is 1.62. The van der Waals surface area contributed by atoms with Crippen molar-refractivity contribution >= 4 is 57.6 Å². The van der Waals surface area contributed by atoms with Crippen LogP contribution in [0.2, 0.25) is 10.0 Å². The van der Waals surface area contributed by atoms with Crippen molar-refractivity contribution in [1.29, 1.82) is 0 Å². The van der Waals surface area contributed by atoms with Crippen molar-refractivity contribution < 1.29 is 0 Å². The molecular formula is C11H13Cl2N5S. The van der Waals surface area contributed by atoms with Crippen LogP contribution < -0.4 is 11.1 Å². The van der Waals surface area contributed by atoms with Crippen molar-refractivity contribution in [3.63, 3.8) is 0 Å². The Bertz CT molecular complexity index is 623. The molecule has 0 atom stereocenters. The van der Waals surface area contributed by atoms with E-state index in [-0.39, 0.29) is 0 Å². The summed E-state index contributed by atoms with van der Waals surface area (Å²) >= 11 is 13.3. The minimum absolute atomic E-state index is 0.298. The number of fused-ring (bicyclic) bond motifs is 1. The molecule has 2 rings (SSSR count). The summed E-state index contributed by atoms with van der Waals surface area (Å²) in [5, 5.41) is 3.87. The first kappa shape index (κ1) is 14.3. The highest BCUT2D eigenvalue weighted by atomic mass is 35.5. The molecule has 0 unspecified atom stereocenters. The summed E-state index contributed by atoms with van der Waals surface area (Å²) in [6.45, 7) is 4.77.